The van der Waals surface area contributed by atoms with E-state index in [2.05, 4.69) is 45.7 Å². The van der Waals surface area contributed by atoms with E-state index in [-0.39, 0.29) is 5.02 Å². The monoisotopic (exact) mass is 386 g/mol. The Balaban J connectivity index is 2.72. The van der Waals surface area contributed by atoms with E-state index in [4.69, 9.17) is 16.3 Å². The smallest absolute Gasteiger partial charge is 0.145 e. The van der Waals surface area contributed by atoms with Crippen LogP contribution in [-0.4, -0.2) is 11.9 Å². The second kappa shape index (κ2) is 6.95. The Hall–Kier alpha value is 0.200. The van der Waals surface area contributed by atoms with Crippen LogP contribution in [0.4, 0.5) is 4.39 Å². The Kier molecular flexibility index (Phi) is 6.24. The molecule has 1 rings (SSSR count). The minimum atomic E-state index is -0.468. The summed E-state index contributed by atoms with van der Waals surface area (Å²) in [5.74, 6) is 0.911. The van der Waals surface area contributed by atoms with Crippen LogP contribution in [0.5, 0.6) is 5.75 Å². The zero-order chi connectivity index (χ0) is 13.0. The lowest BCUT2D eigenvalue weighted by atomic mass is 9.99. The minimum Gasteiger partial charge on any atom is -0.492 e. The fraction of sp³-hybridized carbons (Fsp3) is 0.500. The van der Waals surface area contributed by atoms with Crippen molar-refractivity contribution in [2.24, 2.45) is 11.8 Å². The molecule has 0 aliphatic carbocycles. The highest BCUT2D eigenvalue weighted by Crippen LogP contribution is 2.31. The Morgan fingerprint density at radius 1 is 1.41 bits per heavy atom. The lowest BCUT2D eigenvalue weighted by Crippen LogP contribution is -2.19. The Bertz CT molecular complexity index is 385. The van der Waals surface area contributed by atoms with Gasteiger partial charge in [-0.3, -0.25) is 0 Å². The summed E-state index contributed by atoms with van der Waals surface area (Å²) in [4.78, 5) is 0. The van der Waals surface area contributed by atoms with Gasteiger partial charge in [-0.2, -0.15) is 0 Å². The molecular formula is C12H14Br2ClFO. The van der Waals surface area contributed by atoms with Gasteiger partial charge in [0.2, 0.25) is 0 Å². The number of alkyl halides is 1. The minimum absolute atomic E-state index is 0.0881. The van der Waals surface area contributed by atoms with Crippen molar-refractivity contribution in [1.29, 1.82) is 0 Å². The van der Waals surface area contributed by atoms with Gasteiger partial charge < -0.3 is 4.74 Å². The van der Waals surface area contributed by atoms with Gasteiger partial charge in [0.1, 0.15) is 11.6 Å². The Morgan fingerprint density at radius 2 is 2.06 bits per heavy atom. The van der Waals surface area contributed by atoms with Crippen molar-refractivity contribution in [3.05, 3.63) is 27.4 Å². The van der Waals surface area contributed by atoms with Crippen LogP contribution in [0.3, 0.4) is 0 Å². The van der Waals surface area contributed by atoms with Crippen LogP contribution in [-0.2, 0) is 0 Å². The van der Waals surface area contributed by atoms with Crippen LogP contribution in [0.2, 0.25) is 5.02 Å². The number of ether oxygens (including phenoxy) is 1. The van der Waals surface area contributed by atoms with Gasteiger partial charge in [-0.1, -0.05) is 41.4 Å². The summed E-state index contributed by atoms with van der Waals surface area (Å²) in [5, 5.41) is 0.948. The molecule has 0 aliphatic rings. The highest BCUT2D eigenvalue weighted by molar-refractivity contribution is 9.10. The second-order valence-electron chi connectivity index (χ2n) is 4.17. The van der Waals surface area contributed by atoms with E-state index in [9.17, 15) is 4.39 Å². The van der Waals surface area contributed by atoms with Crippen LogP contribution in [0.25, 0.3) is 0 Å². The van der Waals surface area contributed by atoms with Gasteiger partial charge in [-0.25, -0.2) is 4.39 Å². The summed E-state index contributed by atoms with van der Waals surface area (Å²) < 4.78 is 19.6. The molecule has 0 saturated carbocycles. The van der Waals surface area contributed by atoms with Crippen molar-refractivity contribution >= 4 is 43.5 Å². The molecule has 0 heterocycles. The first-order valence-corrected chi connectivity index (χ1v) is 7.58. The molecule has 0 fully saturated rings. The molecule has 1 aromatic carbocycles. The molecule has 0 saturated heterocycles. The molecule has 0 aliphatic heterocycles. The van der Waals surface area contributed by atoms with E-state index in [0.29, 0.717) is 28.7 Å². The quantitative estimate of drug-likeness (QED) is 0.492. The molecule has 0 N–H and O–H groups in total. The molecule has 0 radical (unpaired) electrons. The first-order valence-electron chi connectivity index (χ1n) is 5.29. The first kappa shape index (κ1) is 15.3. The standard InChI is InChI=1S/C12H14Br2ClFO/c1-7(2)8(5-13)6-17-12-4-11(16)10(15)3-9(12)14/h3-4,7-8H,5-6H2,1-2H3. The zero-order valence-electron chi connectivity index (χ0n) is 9.64. The summed E-state index contributed by atoms with van der Waals surface area (Å²) in [6, 6.07) is 2.81. The third-order valence-electron chi connectivity index (χ3n) is 2.57. The maximum absolute atomic E-state index is 13.3. The predicted octanol–water partition coefficient (Wildman–Crippen LogP) is 5.29. The van der Waals surface area contributed by atoms with Crippen molar-refractivity contribution in [3.8, 4) is 5.75 Å². The van der Waals surface area contributed by atoms with Crippen molar-refractivity contribution in [1.82, 2.24) is 0 Å². The number of halogens is 4. The van der Waals surface area contributed by atoms with Gasteiger partial charge in [0, 0.05) is 17.3 Å². The fourth-order valence-electron chi connectivity index (χ4n) is 1.23. The van der Waals surface area contributed by atoms with Crippen LogP contribution in [0, 0.1) is 17.7 Å². The topological polar surface area (TPSA) is 9.23 Å². The number of hydrogen-bond donors (Lipinski definition) is 0. The fourth-order valence-corrected chi connectivity index (χ4v) is 2.91. The van der Waals surface area contributed by atoms with E-state index in [1.807, 2.05) is 0 Å². The van der Waals surface area contributed by atoms with E-state index in [1.165, 1.54) is 12.1 Å². The zero-order valence-corrected chi connectivity index (χ0v) is 13.6. The maximum Gasteiger partial charge on any atom is 0.145 e. The van der Waals surface area contributed by atoms with Crippen LogP contribution < -0.4 is 4.74 Å². The highest BCUT2D eigenvalue weighted by atomic mass is 79.9. The second-order valence-corrected chi connectivity index (χ2v) is 6.08. The van der Waals surface area contributed by atoms with Crippen molar-refractivity contribution in [2.45, 2.75) is 13.8 Å². The molecule has 0 bridgehead atoms. The normalized spacial score (nSPS) is 12.9. The lowest BCUT2D eigenvalue weighted by Gasteiger charge is -2.19. The van der Waals surface area contributed by atoms with Gasteiger partial charge in [0.25, 0.3) is 0 Å². The molecule has 96 valence electrons. The number of hydrogen-bond acceptors (Lipinski definition) is 1. The van der Waals surface area contributed by atoms with Crippen LogP contribution in [0.1, 0.15) is 13.8 Å². The van der Waals surface area contributed by atoms with E-state index < -0.39 is 5.82 Å². The molecule has 1 nitrogen and oxygen atoms in total. The summed E-state index contributed by atoms with van der Waals surface area (Å²) in [6.45, 7) is 4.81. The molecule has 1 unspecified atom stereocenters. The summed E-state index contributed by atoms with van der Waals surface area (Å²) in [5.41, 5.74) is 0. The van der Waals surface area contributed by atoms with Crippen molar-refractivity contribution in [2.75, 3.05) is 11.9 Å². The lowest BCUT2D eigenvalue weighted by molar-refractivity contribution is 0.226. The third kappa shape index (κ3) is 4.42. The Labute approximate surface area is 123 Å². The SMILES string of the molecule is CC(C)C(CBr)COc1cc(F)c(Cl)cc1Br. The van der Waals surface area contributed by atoms with Gasteiger partial charge in [-0.05, 0) is 27.9 Å². The van der Waals surface area contributed by atoms with Crippen molar-refractivity contribution < 1.29 is 9.13 Å². The predicted molar refractivity (Wildman–Crippen MR) is 76.7 cm³/mol. The summed E-state index contributed by atoms with van der Waals surface area (Å²) >= 11 is 12.4. The van der Waals surface area contributed by atoms with E-state index in [1.54, 1.807) is 0 Å². The van der Waals surface area contributed by atoms with Gasteiger partial charge in [0.05, 0.1) is 16.1 Å². The molecule has 5 heteroatoms. The molecule has 0 amide bonds. The maximum atomic E-state index is 13.3. The molecule has 17 heavy (non-hydrogen) atoms. The van der Waals surface area contributed by atoms with E-state index in [0.717, 1.165) is 5.33 Å². The van der Waals surface area contributed by atoms with Gasteiger partial charge in [0.15, 0.2) is 0 Å². The Morgan fingerprint density at radius 3 is 2.59 bits per heavy atom. The third-order valence-corrected chi connectivity index (χ3v) is 4.31. The van der Waals surface area contributed by atoms with E-state index >= 15 is 0 Å². The molecule has 1 atom stereocenters. The van der Waals surface area contributed by atoms with Crippen LogP contribution in [0.15, 0.2) is 16.6 Å². The number of benzene rings is 1. The van der Waals surface area contributed by atoms with Gasteiger partial charge >= 0.3 is 0 Å². The first-order chi connectivity index (χ1) is 7.95. The summed E-state index contributed by atoms with van der Waals surface area (Å²) in [6.07, 6.45) is 0. The molecular weight excluding hydrogens is 374 g/mol. The summed E-state index contributed by atoms with van der Waals surface area (Å²) in [7, 11) is 0. The van der Waals surface area contributed by atoms with Gasteiger partial charge in [-0.15, -0.1) is 0 Å². The molecule has 0 aromatic heterocycles. The molecule has 0 spiro atoms. The average Bonchev–Trinajstić information content (AvgIpc) is 2.25. The largest absolute Gasteiger partial charge is 0.492 e. The van der Waals surface area contributed by atoms with Crippen LogP contribution >= 0.6 is 43.5 Å². The molecule has 1 aromatic rings. The average molecular weight is 389 g/mol. The number of rotatable bonds is 5. The highest BCUT2D eigenvalue weighted by Gasteiger charge is 2.14. The van der Waals surface area contributed by atoms with Crippen molar-refractivity contribution in [3.63, 3.8) is 0 Å².